The van der Waals surface area contributed by atoms with Crippen molar-refractivity contribution in [2.75, 3.05) is 6.61 Å². The van der Waals surface area contributed by atoms with Crippen molar-refractivity contribution in [2.24, 2.45) is 5.92 Å². The molecule has 2 aromatic rings. The quantitative estimate of drug-likeness (QED) is 0.897. The van der Waals surface area contributed by atoms with Gasteiger partial charge in [0, 0.05) is 23.9 Å². The molecule has 0 radical (unpaired) electrons. The van der Waals surface area contributed by atoms with Crippen molar-refractivity contribution in [1.29, 1.82) is 0 Å². The molecule has 0 saturated heterocycles. The fourth-order valence-corrected chi connectivity index (χ4v) is 2.59. The van der Waals surface area contributed by atoms with Gasteiger partial charge in [-0.1, -0.05) is 18.2 Å². The minimum Gasteiger partial charge on any atom is -0.493 e. The Hall–Kier alpha value is -1.87. The van der Waals surface area contributed by atoms with E-state index in [0.717, 1.165) is 23.3 Å². The molecular weight excluding hydrogens is 238 g/mol. The van der Waals surface area contributed by atoms with Gasteiger partial charge in [0.1, 0.15) is 5.75 Å². The summed E-state index contributed by atoms with van der Waals surface area (Å²) in [5, 5.41) is 10.5. The van der Waals surface area contributed by atoms with E-state index in [0.29, 0.717) is 6.61 Å². The van der Waals surface area contributed by atoms with E-state index < -0.39 is 6.10 Å². The van der Waals surface area contributed by atoms with Crippen molar-refractivity contribution in [2.45, 2.75) is 19.4 Å². The zero-order chi connectivity index (χ0) is 13.2. The summed E-state index contributed by atoms with van der Waals surface area (Å²) in [5.74, 6) is 1.02. The Morgan fingerprint density at radius 1 is 1.32 bits per heavy atom. The molecule has 0 aliphatic carbocycles. The van der Waals surface area contributed by atoms with E-state index in [1.807, 2.05) is 31.2 Å². The lowest BCUT2D eigenvalue weighted by Crippen LogP contribution is -2.27. The highest BCUT2D eigenvalue weighted by atomic mass is 16.5. The number of hydrogen-bond acceptors (Lipinski definition) is 3. The smallest absolute Gasteiger partial charge is 0.122 e. The molecule has 1 aliphatic heterocycles. The number of aryl methyl sites for hydroxylation is 1. The summed E-state index contributed by atoms with van der Waals surface area (Å²) < 4.78 is 5.74. The van der Waals surface area contributed by atoms with E-state index in [1.54, 1.807) is 12.4 Å². The molecule has 0 spiro atoms. The van der Waals surface area contributed by atoms with Crippen LogP contribution in [0.1, 0.15) is 22.8 Å². The molecule has 0 fully saturated rings. The Morgan fingerprint density at radius 3 is 3.00 bits per heavy atom. The van der Waals surface area contributed by atoms with Crippen LogP contribution in [0.4, 0.5) is 0 Å². The van der Waals surface area contributed by atoms with Crippen molar-refractivity contribution < 1.29 is 9.84 Å². The average molecular weight is 255 g/mol. The monoisotopic (exact) mass is 255 g/mol. The number of para-hydroxylation sites is 1. The number of ether oxygens (including phenoxy) is 1. The Balaban J connectivity index is 1.83. The standard InChI is InChI=1S/C16H17NO2/c1-11-6-7-17-9-14(11)16(18)13-8-12-4-2-3-5-15(12)19-10-13/h2-7,9,13,16,18H,8,10H2,1H3. The number of aliphatic hydroxyl groups excluding tert-OH is 1. The Morgan fingerprint density at radius 2 is 2.16 bits per heavy atom. The molecule has 2 atom stereocenters. The molecule has 2 unspecified atom stereocenters. The number of fused-ring (bicyclic) bond motifs is 1. The highest BCUT2D eigenvalue weighted by Crippen LogP contribution is 2.34. The zero-order valence-corrected chi connectivity index (χ0v) is 10.9. The molecule has 1 aliphatic rings. The van der Waals surface area contributed by atoms with Gasteiger partial charge in [-0.3, -0.25) is 4.98 Å². The zero-order valence-electron chi connectivity index (χ0n) is 10.9. The van der Waals surface area contributed by atoms with Gasteiger partial charge in [0.05, 0.1) is 12.7 Å². The fraction of sp³-hybridized carbons (Fsp3) is 0.312. The lowest BCUT2D eigenvalue weighted by Gasteiger charge is -2.29. The summed E-state index contributed by atoms with van der Waals surface area (Å²) in [7, 11) is 0. The summed E-state index contributed by atoms with van der Waals surface area (Å²) in [6.07, 6.45) is 3.81. The van der Waals surface area contributed by atoms with Crippen LogP contribution in [0.25, 0.3) is 0 Å². The van der Waals surface area contributed by atoms with Gasteiger partial charge in [0.25, 0.3) is 0 Å². The molecule has 1 N–H and O–H groups in total. The Kier molecular flexibility index (Phi) is 3.22. The fourth-order valence-electron chi connectivity index (χ4n) is 2.59. The first kappa shape index (κ1) is 12.2. The lowest BCUT2D eigenvalue weighted by molar-refractivity contribution is 0.0638. The van der Waals surface area contributed by atoms with Gasteiger partial charge >= 0.3 is 0 Å². The molecule has 3 nitrogen and oxygen atoms in total. The number of aliphatic hydroxyl groups is 1. The van der Waals surface area contributed by atoms with Crippen LogP contribution in [0.5, 0.6) is 5.75 Å². The maximum absolute atomic E-state index is 10.5. The van der Waals surface area contributed by atoms with Crippen LogP contribution in [0.15, 0.2) is 42.7 Å². The number of rotatable bonds is 2. The second-order valence-electron chi connectivity index (χ2n) is 5.06. The largest absolute Gasteiger partial charge is 0.493 e. The van der Waals surface area contributed by atoms with Crippen molar-refractivity contribution in [3.8, 4) is 5.75 Å². The molecule has 1 aromatic heterocycles. The minimum atomic E-state index is -0.526. The Bertz CT molecular complexity index is 582. The summed E-state index contributed by atoms with van der Waals surface area (Å²) in [6.45, 7) is 2.55. The molecule has 0 saturated carbocycles. The summed E-state index contributed by atoms with van der Waals surface area (Å²) in [4.78, 5) is 4.10. The predicted molar refractivity (Wildman–Crippen MR) is 73.1 cm³/mol. The van der Waals surface area contributed by atoms with Gasteiger partial charge < -0.3 is 9.84 Å². The maximum Gasteiger partial charge on any atom is 0.122 e. The van der Waals surface area contributed by atoms with Crippen LogP contribution >= 0.6 is 0 Å². The third-order valence-electron chi connectivity index (χ3n) is 3.75. The van der Waals surface area contributed by atoms with E-state index in [2.05, 4.69) is 11.1 Å². The molecule has 98 valence electrons. The number of aromatic nitrogens is 1. The highest BCUT2D eigenvalue weighted by molar-refractivity contribution is 5.36. The van der Waals surface area contributed by atoms with E-state index in [9.17, 15) is 5.11 Å². The van der Waals surface area contributed by atoms with Crippen LogP contribution in [0.3, 0.4) is 0 Å². The molecule has 0 amide bonds. The summed E-state index contributed by atoms with van der Waals surface area (Å²) >= 11 is 0. The van der Waals surface area contributed by atoms with Crippen LogP contribution in [-0.4, -0.2) is 16.7 Å². The van der Waals surface area contributed by atoms with Crippen LogP contribution < -0.4 is 4.74 Å². The molecule has 0 bridgehead atoms. The summed E-state index contributed by atoms with van der Waals surface area (Å²) in [5.41, 5.74) is 3.14. The second kappa shape index (κ2) is 5.02. The van der Waals surface area contributed by atoms with Gasteiger partial charge in [0.15, 0.2) is 0 Å². The molecular formula is C16H17NO2. The van der Waals surface area contributed by atoms with Crippen molar-refractivity contribution in [3.63, 3.8) is 0 Å². The van der Waals surface area contributed by atoms with Gasteiger partial charge in [-0.15, -0.1) is 0 Å². The molecule has 1 aromatic carbocycles. The van der Waals surface area contributed by atoms with Crippen molar-refractivity contribution in [1.82, 2.24) is 4.98 Å². The SMILES string of the molecule is Cc1ccncc1C(O)C1COc2ccccc2C1. The number of hydrogen-bond donors (Lipinski definition) is 1. The van der Waals surface area contributed by atoms with E-state index >= 15 is 0 Å². The van der Waals surface area contributed by atoms with E-state index in [-0.39, 0.29) is 5.92 Å². The van der Waals surface area contributed by atoms with Gasteiger partial charge in [-0.05, 0) is 36.6 Å². The maximum atomic E-state index is 10.5. The normalized spacial score (nSPS) is 19.4. The first-order valence-corrected chi connectivity index (χ1v) is 6.55. The van der Waals surface area contributed by atoms with Crippen LogP contribution in [0.2, 0.25) is 0 Å². The van der Waals surface area contributed by atoms with Gasteiger partial charge in [0.2, 0.25) is 0 Å². The minimum absolute atomic E-state index is 0.0813. The number of benzene rings is 1. The van der Waals surface area contributed by atoms with Gasteiger partial charge in [-0.2, -0.15) is 0 Å². The Labute approximate surface area is 112 Å². The van der Waals surface area contributed by atoms with Gasteiger partial charge in [-0.25, -0.2) is 0 Å². The highest BCUT2D eigenvalue weighted by Gasteiger charge is 2.27. The number of pyridine rings is 1. The molecule has 19 heavy (non-hydrogen) atoms. The second-order valence-corrected chi connectivity index (χ2v) is 5.06. The number of nitrogens with zero attached hydrogens (tertiary/aromatic N) is 1. The molecule has 3 rings (SSSR count). The first-order chi connectivity index (χ1) is 9.25. The predicted octanol–water partition coefficient (Wildman–Crippen LogP) is 2.67. The average Bonchev–Trinajstić information content (AvgIpc) is 2.46. The van der Waals surface area contributed by atoms with Crippen molar-refractivity contribution in [3.05, 3.63) is 59.4 Å². The van der Waals surface area contributed by atoms with Crippen molar-refractivity contribution >= 4 is 0 Å². The first-order valence-electron chi connectivity index (χ1n) is 6.55. The molecule has 3 heteroatoms. The molecule has 2 heterocycles. The van der Waals surface area contributed by atoms with E-state index in [1.165, 1.54) is 5.56 Å². The summed E-state index contributed by atoms with van der Waals surface area (Å²) in [6, 6.07) is 9.95. The third-order valence-corrected chi connectivity index (χ3v) is 3.75. The topological polar surface area (TPSA) is 42.4 Å². The van der Waals surface area contributed by atoms with Crippen LogP contribution in [0, 0.1) is 12.8 Å². The van der Waals surface area contributed by atoms with Crippen LogP contribution in [-0.2, 0) is 6.42 Å². The van der Waals surface area contributed by atoms with E-state index in [4.69, 9.17) is 4.74 Å². The third kappa shape index (κ3) is 2.34. The lowest BCUT2D eigenvalue weighted by atomic mass is 9.88.